The van der Waals surface area contributed by atoms with Gasteiger partial charge in [0.1, 0.15) is 0 Å². The second kappa shape index (κ2) is 6.72. The first-order valence-electron chi connectivity index (χ1n) is 11.6. The average molecular weight is 413 g/mol. The fourth-order valence-corrected chi connectivity index (χ4v) is 7.82. The van der Waals surface area contributed by atoms with Gasteiger partial charge in [-0.15, -0.1) is 0 Å². The maximum atomic E-state index is 6.61. The minimum atomic E-state index is 0.147. The summed E-state index contributed by atoms with van der Waals surface area (Å²) in [5.41, 5.74) is 8.60. The van der Waals surface area contributed by atoms with Crippen molar-refractivity contribution in [3.05, 3.63) is 82.9 Å². The van der Waals surface area contributed by atoms with Gasteiger partial charge in [0.2, 0.25) is 0 Å². The van der Waals surface area contributed by atoms with Gasteiger partial charge in [0, 0.05) is 16.0 Å². The zero-order valence-corrected chi connectivity index (χ0v) is 18.6. The molecule has 0 radical (unpaired) electrons. The van der Waals surface area contributed by atoms with Crippen LogP contribution in [0.5, 0.6) is 0 Å². The van der Waals surface area contributed by atoms with Crippen LogP contribution in [0.25, 0.3) is 22.3 Å². The van der Waals surface area contributed by atoms with Crippen molar-refractivity contribution < 1.29 is 0 Å². The predicted octanol–water partition coefficient (Wildman–Crippen LogP) is 8.37. The van der Waals surface area contributed by atoms with Crippen LogP contribution in [0.15, 0.2) is 66.7 Å². The van der Waals surface area contributed by atoms with E-state index in [0.717, 1.165) is 28.3 Å². The van der Waals surface area contributed by atoms with Gasteiger partial charge in [-0.25, -0.2) is 0 Å². The highest BCUT2D eigenvalue weighted by Gasteiger charge is 2.56. The molecular formula is C29H29Cl. The second-order valence-corrected chi connectivity index (χ2v) is 10.6. The van der Waals surface area contributed by atoms with Crippen molar-refractivity contribution in [1.82, 2.24) is 0 Å². The normalized spacial score (nSPS) is 31.4. The van der Waals surface area contributed by atoms with Crippen LogP contribution in [0.2, 0.25) is 5.02 Å². The lowest BCUT2D eigenvalue weighted by Crippen LogP contribution is -2.49. The van der Waals surface area contributed by atoms with Crippen molar-refractivity contribution >= 4 is 11.6 Å². The molecule has 0 amide bonds. The fourth-order valence-electron chi connectivity index (χ4n) is 7.58. The van der Waals surface area contributed by atoms with Crippen LogP contribution in [0, 0.1) is 23.7 Å². The van der Waals surface area contributed by atoms with Crippen LogP contribution in [0.4, 0.5) is 0 Å². The molecular weight excluding hydrogens is 384 g/mol. The molecule has 5 atom stereocenters. The molecule has 6 rings (SSSR count). The third-order valence-corrected chi connectivity index (χ3v) is 8.79. The highest BCUT2D eigenvalue weighted by atomic mass is 35.5. The molecule has 1 heteroatoms. The van der Waals surface area contributed by atoms with Crippen LogP contribution in [0.3, 0.4) is 0 Å². The van der Waals surface area contributed by atoms with E-state index in [0.29, 0.717) is 5.92 Å². The SMILES string of the molecule is CC1CC2CC(C)C3(c4ccccc4-c4ccc(-c5ccccc5Cl)cc43)C(C1)C2. The molecule has 3 aliphatic rings. The summed E-state index contributed by atoms with van der Waals surface area (Å²) in [5, 5.41) is 0.838. The molecule has 30 heavy (non-hydrogen) atoms. The first kappa shape index (κ1) is 18.7. The predicted molar refractivity (Wildman–Crippen MR) is 127 cm³/mol. The molecule has 0 heterocycles. The third-order valence-electron chi connectivity index (χ3n) is 8.46. The van der Waals surface area contributed by atoms with E-state index in [-0.39, 0.29) is 5.41 Å². The van der Waals surface area contributed by atoms with Crippen molar-refractivity contribution in [1.29, 1.82) is 0 Å². The van der Waals surface area contributed by atoms with E-state index in [4.69, 9.17) is 11.6 Å². The third kappa shape index (κ3) is 2.47. The smallest absolute Gasteiger partial charge is 0.0484 e. The summed E-state index contributed by atoms with van der Waals surface area (Å²) < 4.78 is 0. The molecule has 0 aromatic heterocycles. The average Bonchev–Trinajstić information content (AvgIpc) is 3.03. The van der Waals surface area contributed by atoms with Crippen LogP contribution < -0.4 is 0 Å². The zero-order chi connectivity index (χ0) is 20.5. The lowest BCUT2D eigenvalue weighted by atomic mass is 9.49. The van der Waals surface area contributed by atoms with E-state index in [1.807, 2.05) is 12.1 Å². The minimum absolute atomic E-state index is 0.147. The fraction of sp³-hybridized carbons (Fsp3) is 0.379. The Labute approximate surface area is 185 Å². The monoisotopic (exact) mass is 412 g/mol. The summed E-state index contributed by atoms with van der Waals surface area (Å²) in [4.78, 5) is 0. The number of benzene rings is 3. The molecule has 3 aliphatic carbocycles. The summed E-state index contributed by atoms with van der Waals surface area (Å²) in [6, 6.07) is 24.7. The molecule has 0 nitrogen and oxygen atoms in total. The van der Waals surface area contributed by atoms with Crippen molar-refractivity contribution in [3.63, 3.8) is 0 Å². The summed E-state index contributed by atoms with van der Waals surface area (Å²) in [6.45, 7) is 5.01. The molecule has 2 bridgehead atoms. The van der Waals surface area contributed by atoms with Crippen LogP contribution in [-0.4, -0.2) is 0 Å². The Morgan fingerprint density at radius 3 is 2.30 bits per heavy atom. The summed E-state index contributed by atoms with van der Waals surface area (Å²) >= 11 is 6.61. The molecule has 3 aromatic carbocycles. The van der Waals surface area contributed by atoms with Gasteiger partial charge >= 0.3 is 0 Å². The maximum absolute atomic E-state index is 6.61. The quantitative estimate of drug-likeness (QED) is 0.376. The Morgan fingerprint density at radius 1 is 0.733 bits per heavy atom. The number of halogens is 1. The largest absolute Gasteiger partial charge is 0.0837 e. The van der Waals surface area contributed by atoms with E-state index >= 15 is 0 Å². The minimum Gasteiger partial charge on any atom is -0.0837 e. The standard InChI is InChI=1S/C29H29Cl/c1-18-13-20-15-19(2)29(22(14-18)16-20)26-9-5-3-8-24(26)25-12-11-21(17-27(25)29)23-7-4-6-10-28(23)30/h3-12,17-20,22H,13-16H2,1-2H3. The lowest BCUT2D eigenvalue weighted by molar-refractivity contribution is 0.0426. The molecule has 2 saturated carbocycles. The lowest BCUT2D eigenvalue weighted by Gasteiger charge is -2.54. The van der Waals surface area contributed by atoms with Gasteiger partial charge in [-0.1, -0.05) is 80.0 Å². The van der Waals surface area contributed by atoms with Gasteiger partial charge in [0.15, 0.2) is 0 Å². The highest BCUT2D eigenvalue weighted by molar-refractivity contribution is 6.33. The Morgan fingerprint density at radius 2 is 1.47 bits per heavy atom. The van der Waals surface area contributed by atoms with E-state index in [1.54, 1.807) is 11.1 Å². The molecule has 1 spiro atoms. The molecule has 152 valence electrons. The number of rotatable bonds is 1. The zero-order valence-electron chi connectivity index (χ0n) is 17.9. The van der Waals surface area contributed by atoms with E-state index < -0.39 is 0 Å². The van der Waals surface area contributed by atoms with Gasteiger partial charge < -0.3 is 0 Å². The molecule has 3 aromatic rings. The Hall–Kier alpha value is -2.05. The van der Waals surface area contributed by atoms with Gasteiger partial charge in [-0.2, -0.15) is 0 Å². The van der Waals surface area contributed by atoms with Gasteiger partial charge in [-0.05, 0) is 89.3 Å². The van der Waals surface area contributed by atoms with E-state index in [9.17, 15) is 0 Å². The molecule has 0 N–H and O–H groups in total. The topological polar surface area (TPSA) is 0 Å². The first-order chi connectivity index (χ1) is 14.6. The molecule has 5 unspecified atom stereocenters. The van der Waals surface area contributed by atoms with Crippen molar-refractivity contribution in [2.75, 3.05) is 0 Å². The van der Waals surface area contributed by atoms with Crippen molar-refractivity contribution in [3.8, 4) is 22.3 Å². The maximum Gasteiger partial charge on any atom is 0.0484 e. The highest BCUT2D eigenvalue weighted by Crippen LogP contribution is 2.64. The van der Waals surface area contributed by atoms with Crippen LogP contribution in [-0.2, 0) is 5.41 Å². The Balaban J connectivity index is 1.62. The van der Waals surface area contributed by atoms with Crippen molar-refractivity contribution in [2.45, 2.75) is 44.9 Å². The van der Waals surface area contributed by atoms with Gasteiger partial charge in [0.25, 0.3) is 0 Å². The molecule has 0 aliphatic heterocycles. The second-order valence-electron chi connectivity index (χ2n) is 10.2. The van der Waals surface area contributed by atoms with Gasteiger partial charge in [0.05, 0.1) is 0 Å². The first-order valence-corrected chi connectivity index (χ1v) is 12.0. The molecule has 2 fully saturated rings. The Kier molecular flexibility index (Phi) is 4.19. The van der Waals surface area contributed by atoms with Gasteiger partial charge in [-0.3, -0.25) is 0 Å². The van der Waals surface area contributed by atoms with Crippen LogP contribution in [0.1, 0.15) is 50.7 Å². The number of hydrogen-bond acceptors (Lipinski definition) is 0. The number of hydrogen-bond donors (Lipinski definition) is 0. The Bertz CT molecular complexity index is 1120. The van der Waals surface area contributed by atoms with Crippen molar-refractivity contribution in [2.24, 2.45) is 23.7 Å². The number of fused-ring (bicyclic) bond motifs is 8. The molecule has 0 saturated heterocycles. The van der Waals surface area contributed by atoms with E-state index in [1.165, 1.54) is 42.4 Å². The summed E-state index contributed by atoms with van der Waals surface area (Å²) in [5.74, 6) is 3.14. The van der Waals surface area contributed by atoms with E-state index in [2.05, 4.69) is 68.4 Å². The summed E-state index contributed by atoms with van der Waals surface area (Å²) in [6.07, 6.45) is 5.51. The summed E-state index contributed by atoms with van der Waals surface area (Å²) in [7, 11) is 0. The van der Waals surface area contributed by atoms with Crippen LogP contribution >= 0.6 is 11.6 Å².